The quantitative estimate of drug-likeness (QED) is 0.479. The number of terminal acetylenes is 1. The second-order valence-corrected chi connectivity index (χ2v) is 4.52. The Bertz CT molecular complexity index is 180. The molecule has 56 valence electrons. The van der Waals surface area contributed by atoms with Crippen molar-refractivity contribution in [2.24, 2.45) is 11.8 Å². The third-order valence-electron chi connectivity index (χ3n) is 1.78. The highest BCUT2D eigenvalue weighted by molar-refractivity contribution is 7.85. The number of hydrogen-bond acceptors (Lipinski definition) is 1. The fraction of sp³-hybridized carbons (Fsp3) is 0.750. The van der Waals surface area contributed by atoms with Crippen LogP contribution in [0, 0.1) is 24.2 Å². The Balaban J connectivity index is 2.52. The Hall–Kier alpha value is -0.290. The molecular weight excluding hydrogens is 144 g/mol. The molecule has 1 fully saturated rings. The fourth-order valence-corrected chi connectivity index (χ4v) is 2.94. The van der Waals surface area contributed by atoms with Crippen molar-refractivity contribution in [3.8, 4) is 12.3 Å². The molecule has 1 nitrogen and oxygen atoms in total. The van der Waals surface area contributed by atoms with Gasteiger partial charge in [-0.05, 0) is 12.3 Å². The van der Waals surface area contributed by atoms with E-state index in [0.717, 1.165) is 17.9 Å². The Morgan fingerprint density at radius 3 is 2.80 bits per heavy atom. The molecule has 1 aliphatic rings. The predicted octanol–water partition coefficient (Wildman–Crippen LogP) is 1.02. The van der Waals surface area contributed by atoms with Crippen molar-refractivity contribution in [3.63, 3.8) is 0 Å². The first-order valence-corrected chi connectivity index (χ1v) is 5.02. The van der Waals surface area contributed by atoms with Crippen molar-refractivity contribution < 1.29 is 4.21 Å². The average molecular weight is 156 g/mol. The topological polar surface area (TPSA) is 17.1 Å². The molecule has 0 saturated carbocycles. The smallest absolute Gasteiger partial charge is 0.0373 e. The van der Waals surface area contributed by atoms with Gasteiger partial charge >= 0.3 is 0 Å². The minimum atomic E-state index is -0.643. The zero-order chi connectivity index (χ0) is 7.56. The zero-order valence-electron chi connectivity index (χ0n) is 6.17. The molecule has 0 bridgehead atoms. The lowest BCUT2D eigenvalue weighted by molar-refractivity contribution is 0.495. The third kappa shape index (κ3) is 1.85. The van der Waals surface area contributed by atoms with Crippen molar-refractivity contribution in [2.45, 2.75) is 13.3 Å². The van der Waals surface area contributed by atoms with Gasteiger partial charge in [-0.1, -0.05) is 6.92 Å². The molecule has 1 heterocycles. The van der Waals surface area contributed by atoms with Gasteiger partial charge in [0.2, 0.25) is 0 Å². The number of hydrogen-bond donors (Lipinski definition) is 0. The highest BCUT2D eigenvalue weighted by Gasteiger charge is 2.21. The Morgan fingerprint density at radius 2 is 2.30 bits per heavy atom. The maximum atomic E-state index is 11.1. The van der Waals surface area contributed by atoms with Gasteiger partial charge in [0.25, 0.3) is 0 Å². The predicted molar refractivity (Wildman–Crippen MR) is 44.0 cm³/mol. The third-order valence-corrected chi connectivity index (χ3v) is 3.50. The van der Waals surface area contributed by atoms with Crippen LogP contribution < -0.4 is 0 Å². The first kappa shape index (κ1) is 7.81. The van der Waals surface area contributed by atoms with E-state index in [-0.39, 0.29) is 5.92 Å². The molecule has 0 amide bonds. The van der Waals surface area contributed by atoms with E-state index in [4.69, 9.17) is 6.42 Å². The van der Waals surface area contributed by atoms with E-state index in [1.54, 1.807) is 0 Å². The van der Waals surface area contributed by atoms with E-state index in [0.29, 0.717) is 5.92 Å². The largest absolute Gasteiger partial charge is 0.260 e. The first-order chi connectivity index (χ1) is 4.72. The zero-order valence-corrected chi connectivity index (χ0v) is 6.99. The maximum Gasteiger partial charge on any atom is 0.0373 e. The van der Waals surface area contributed by atoms with E-state index in [1.807, 2.05) is 0 Å². The molecule has 0 aliphatic carbocycles. The van der Waals surface area contributed by atoms with Crippen LogP contribution in [0.25, 0.3) is 0 Å². The van der Waals surface area contributed by atoms with Gasteiger partial charge in [-0.25, -0.2) is 0 Å². The van der Waals surface area contributed by atoms with Gasteiger partial charge in [0.1, 0.15) is 0 Å². The molecule has 0 radical (unpaired) electrons. The number of rotatable bonds is 0. The normalized spacial score (nSPS) is 40.6. The van der Waals surface area contributed by atoms with Gasteiger partial charge < -0.3 is 0 Å². The lowest BCUT2D eigenvalue weighted by atomic mass is 9.99. The Labute approximate surface area is 64.7 Å². The molecule has 0 N–H and O–H groups in total. The van der Waals surface area contributed by atoms with E-state index < -0.39 is 10.8 Å². The van der Waals surface area contributed by atoms with Gasteiger partial charge in [-0.2, -0.15) is 0 Å². The monoisotopic (exact) mass is 156 g/mol. The van der Waals surface area contributed by atoms with Crippen molar-refractivity contribution in [1.82, 2.24) is 0 Å². The van der Waals surface area contributed by atoms with Crippen LogP contribution in [0.5, 0.6) is 0 Å². The molecule has 0 aromatic rings. The summed E-state index contributed by atoms with van der Waals surface area (Å²) in [6, 6.07) is 0. The van der Waals surface area contributed by atoms with Gasteiger partial charge in [-0.3, -0.25) is 4.21 Å². The highest BCUT2D eigenvalue weighted by atomic mass is 32.2. The summed E-state index contributed by atoms with van der Waals surface area (Å²) in [4.78, 5) is 0. The molecule has 0 aromatic carbocycles. The highest BCUT2D eigenvalue weighted by Crippen LogP contribution is 2.19. The van der Waals surface area contributed by atoms with Crippen LogP contribution >= 0.6 is 0 Å². The van der Waals surface area contributed by atoms with Crippen molar-refractivity contribution in [1.29, 1.82) is 0 Å². The van der Waals surface area contributed by atoms with Crippen molar-refractivity contribution in [3.05, 3.63) is 0 Å². The van der Waals surface area contributed by atoms with Crippen molar-refractivity contribution in [2.75, 3.05) is 11.5 Å². The second-order valence-electron chi connectivity index (χ2n) is 2.98. The lowest BCUT2D eigenvalue weighted by Gasteiger charge is -2.21. The SMILES string of the molecule is C#CC1CC(C)CS(=O)C1. The summed E-state index contributed by atoms with van der Waals surface area (Å²) >= 11 is 0. The van der Waals surface area contributed by atoms with Crippen LogP contribution in [0.3, 0.4) is 0 Å². The van der Waals surface area contributed by atoms with Crippen LogP contribution in [0.1, 0.15) is 13.3 Å². The first-order valence-electron chi connectivity index (χ1n) is 3.53. The van der Waals surface area contributed by atoms with Gasteiger partial charge in [0, 0.05) is 28.2 Å². The van der Waals surface area contributed by atoms with Crippen LogP contribution in [0.2, 0.25) is 0 Å². The van der Waals surface area contributed by atoms with Crippen LogP contribution in [0.4, 0.5) is 0 Å². The van der Waals surface area contributed by atoms with Gasteiger partial charge in [-0.15, -0.1) is 12.3 Å². The van der Waals surface area contributed by atoms with Crippen LogP contribution in [-0.4, -0.2) is 15.7 Å². The summed E-state index contributed by atoms with van der Waals surface area (Å²) in [5, 5.41) is 0. The molecule has 2 heteroatoms. The maximum absolute atomic E-state index is 11.1. The lowest BCUT2D eigenvalue weighted by Crippen LogP contribution is -2.25. The molecule has 3 unspecified atom stereocenters. The summed E-state index contributed by atoms with van der Waals surface area (Å²) in [6.45, 7) is 2.11. The average Bonchev–Trinajstić information content (AvgIpc) is 1.85. The van der Waals surface area contributed by atoms with Crippen molar-refractivity contribution >= 4 is 10.8 Å². The summed E-state index contributed by atoms with van der Waals surface area (Å²) in [5.74, 6) is 5.06. The molecule has 10 heavy (non-hydrogen) atoms. The minimum absolute atomic E-state index is 0.268. The summed E-state index contributed by atoms with van der Waals surface area (Å²) in [5.41, 5.74) is 0. The molecule has 0 spiro atoms. The minimum Gasteiger partial charge on any atom is -0.260 e. The van der Waals surface area contributed by atoms with Gasteiger partial charge in [0.05, 0.1) is 0 Å². The van der Waals surface area contributed by atoms with E-state index in [2.05, 4.69) is 12.8 Å². The van der Waals surface area contributed by atoms with Crippen LogP contribution in [0.15, 0.2) is 0 Å². The molecule has 1 rings (SSSR count). The summed E-state index contributed by atoms with van der Waals surface area (Å²) < 4.78 is 11.1. The molecular formula is C8H12OS. The second kappa shape index (κ2) is 3.21. The molecule has 0 aromatic heterocycles. The van der Waals surface area contributed by atoms with E-state index in [9.17, 15) is 4.21 Å². The summed E-state index contributed by atoms with van der Waals surface area (Å²) in [7, 11) is -0.643. The van der Waals surface area contributed by atoms with Crippen LogP contribution in [-0.2, 0) is 10.8 Å². The Kier molecular flexibility index (Phi) is 2.50. The molecule has 1 saturated heterocycles. The summed E-state index contributed by atoms with van der Waals surface area (Å²) in [6.07, 6.45) is 6.30. The standard InChI is InChI=1S/C8H12OS/c1-3-8-4-7(2)5-10(9)6-8/h1,7-8H,4-6H2,2H3. The molecule has 1 aliphatic heterocycles. The Morgan fingerprint density at radius 1 is 1.60 bits per heavy atom. The fourth-order valence-electron chi connectivity index (χ4n) is 1.35. The van der Waals surface area contributed by atoms with E-state index in [1.165, 1.54) is 0 Å². The molecule has 3 atom stereocenters. The van der Waals surface area contributed by atoms with Gasteiger partial charge in [0.15, 0.2) is 0 Å². The van der Waals surface area contributed by atoms with E-state index >= 15 is 0 Å².